The standard InChI is InChI=1S/C19H18N2O4/c1-13(22)21-16(12-14-8-4-2-5-9-14)19(24)25-17(18(20)23)15-10-6-3-7-11-15/h2-12,17H,1H3,(H2,20,23)(H,21,22). The molecule has 0 radical (unpaired) electrons. The van der Waals surface area contributed by atoms with Crippen molar-refractivity contribution in [2.45, 2.75) is 13.0 Å². The predicted octanol–water partition coefficient (Wildman–Crippen LogP) is 1.93. The number of carbonyl (C=O) groups excluding carboxylic acids is 3. The second-order valence-electron chi connectivity index (χ2n) is 5.25. The third-order valence-electron chi connectivity index (χ3n) is 3.23. The summed E-state index contributed by atoms with van der Waals surface area (Å²) in [5.41, 5.74) is 6.41. The largest absolute Gasteiger partial charge is 0.443 e. The van der Waals surface area contributed by atoms with Crippen LogP contribution in [0.25, 0.3) is 6.08 Å². The molecule has 6 heteroatoms. The first-order valence-electron chi connectivity index (χ1n) is 7.57. The van der Waals surface area contributed by atoms with Crippen molar-refractivity contribution in [3.8, 4) is 0 Å². The van der Waals surface area contributed by atoms with Crippen LogP contribution in [0.15, 0.2) is 66.4 Å². The van der Waals surface area contributed by atoms with Crippen LogP contribution in [0.4, 0.5) is 0 Å². The van der Waals surface area contributed by atoms with E-state index in [0.29, 0.717) is 11.1 Å². The highest BCUT2D eigenvalue weighted by Crippen LogP contribution is 2.18. The highest BCUT2D eigenvalue weighted by molar-refractivity contribution is 5.98. The molecule has 0 saturated carbocycles. The Labute approximate surface area is 145 Å². The van der Waals surface area contributed by atoms with Crippen LogP contribution in [0.2, 0.25) is 0 Å². The number of amides is 2. The maximum atomic E-state index is 12.5. The summed E-state index contributed by atoms with van der Waals surface area (Å²) >= 11 is 0. The molecule has 0 spiro atoms. The second-order valence-corrected chi connectivity index (χ2v) is 5.25. The summed E-state index contributed by atoms with van der Waals surface area (Å²) in [6, 6.07) is 17.4. The van der Waals surface area contributed by atoms with Crippen LogP contribution in [0.5, 0.6) is 0 Å². The smallest absolute Gasteiger partial charge is 0.355 e. The average molecular weight is 338 g/mol. The van der Waals surface area contributed by atoms with Crippen LogP contribution in [0.3, 0.4) is 0 Å². The number of benzene rings is 2. The van der Waals surface area contributed by atoms with E-state index in [2.05, 4.69) is 5.32 Å². The van der Waals surface area contributed by atoms with E-state index in [0.717, 1.165) is 0 Å². The van der Waals surface area contributed by atoms with Crippen molar-refractivity contribution in [3.63, 3.8) is 0 Å². The maximum absolute atomic E-state index is 12.5. The number of hydrogen-bond acceptors (Lipinski definition) is 4. The molecule has 128 valence electrons. The summed E-state index contributed by atoms with van der Waals surface area (Å²) in [5, 5.41) is 2.42. The Bertz CT molecular complexity index is 786. The lowest BCUT2D eigenvalue weighted by atomic mass is 10.1. The molecule has 2 aromatic carbocycles. The zero-order chi connectivity index (χ0) is 18.2. The monoisotopic (exact) mass is 338 g/mol. The third kappa shape index (κ3) is 5.31. The Morgan fingerprint density at radius 2 is 1.56 bits per heavy atom. The van der Waals surface area contributed by atoms with Gasteiger partial charge in [0, 0.05) is 12.5 Å². The molecular weight excluding hydrogens is 320 g/mol. The summed E-state index contributed by atoms with van der Waals surface area (Å²) < 4.78 is 5.24. The van der Waals surface area contributed by atoms with Crippen LogP contribution in [0.1, 0.15) is 24.2 Å². The van der Waals surface area contributed by atoms with Gasteiger partial charge in [0.05, 0.1) is 0 Å². The highest BCUT2D eigenvalue weighted by Gasteiger charge is 2.24. The van der Waals surface area contributed by atoms with Gasteiger partial charge in [-0.15, -0.1) is 0 Å². The molecule has 0 fully saturated rings. The van der Waals surface area contributed by atoms with E-state index < -0.39 is 23.9 Å². The number of nitrogens with two attached hydrogens (primary N) is 1. The lowest BCUT2D eigenvalue weighted by Crippen LogP contribution is -2.31. The molecule has 6 nitrogen and oxygen atoms in total. The fourth-order valence-corrected chi connectivity index (χ4v) is 2.14. The van der Waals surface area contributed by atoms with Crippen molar-refractivity contribution >= 4 is 23.9 Å². The number of primary amides is 1. The van der Waals surface area contributed by atoms with Gasteiger partial charge in [0.1, 0.15) is 5.70 Å². The summed E-state index contributed by atoms with van der Waals surface area (Å²) in [7, 11) is 0. The van der Waals surface area contributed by atoms with Crippen LogP contribution in [-0.2, 0) is 19.1 Å². The SMILES string of the molecule is CC(=O)NC(=Cc1ccccc1)C(=O)OC(C(N)=O)c1ccccc1. The van der Waals surface area contributed by atoms with E-state index in [4.69, 9.17) is 10.5 Å². The van der Waals surface area contributed by atoms with Gasteiger partial charge in [-0.3, -0.25) is 9.59 Å². The number of ether oxygens (including phenoxy) is 1. The molecule has 25 heavy (non-hydrogen) atoms. The van der Waals surface area contributed by atoms with E-state index in [1.165, 1.54) is 13.0 Å². The van der Waals surface area contributed by atoms with E-state index in [1.807, 2.05) is 6.07 Å². The zero-order valence-corrected chi connectivity index (χ0v) is 13.6. The molecular formula is C19H18N2O4. The normalized spacial score (nSPS) is 12.1. The summed E-state index contributed by atoms with van der Waals surface area (Å²) in [6.07, 6.45) is 0.217. The molecule has 2 aromatic rings. The Morgan fingerprint density at radius 3 is 2.08 bits per heavy atom. The topological polar surface area (TPSA) is 98.5 Å². The minimum Gasteiger partial charge on any atom is -0.443 e. The second kappa shape index (κ2) is 8.44. The molecule has 0 aliphatic carbocycles. The fraction of sp³-hybridized carbons (Fsp3) is 0.105. The molecule has 0 saturated heterocycles. The number of carbonyl (C=O) groups is 3. The van der Waals surface area contributed by atoms with Crippen molar-refractivity contribution in [1.82, 2.24) is 5.32 Å². The number of hydrogen-bond donors (Lipinski definition) is 2. The Morgan fingerprint density at radius 1 is 1.00 bits per heavy atom. The van der Waals surface area contributed by atoms with E-state index in [1.54, 1.807) is 54.6 Å². The Balaban J connectivity index is 2.28. The molecule has 1 atom stereocenters. The van der Waals surface area contributed by atoms with E-state index >= 15 is 0 Å². The quantitative estimate of drug-likeness (QED) is 0.621. The first-order chi connectivity index (χ1) is 12.0. The fourth-order valence-electron chi connectivity index (χ4n) is 2.14. The van der Waals surface area contributed by atoms with Gasteiger partial charge in [-0.2, -0.15) is 0 Å². The molecule has 0 heterocycles. The minimum atomic E-state index is -1.25. The number of rotatable bonds is 6. The average Bonchev–Trinajstić information content (AvgIpc) is 2.60. The van der Waals surface area contributed by atoms with Crippen molar-refractivity contribution in [1.29, 1.82) is 0 Å². The van der Waals surface area contributed by atoms with Gasteiger partial charge >= 0.3 is 5.97 Å². The first-order valence-corrected chi connectivity index (χ1v) is 7.57. The number of nitrogens with one attached hydrogen (secondary N) is 1. The molecule has 1 unspecified atom stereocenters. The van der Waals surface area contributed by atoms with Crippen LogP contribution in [0, 0.1) is 0 Å². The van der Waals surface area contributed by atoms with Gasteiger partial charge in [-0.05, 0) is 11.6 Å². The first kappa shape index (κ1) is 17.9. The lowest BCUT2D eigenvalue weighted by Gasteiger charge is -2.16. The van der Waals surface area contributed by atoms with E-state index in [-0.39, 0.29) is 5.70 Å². The van der Waals surface area contributed by atoms with Crippen LogP contribution in [-0.4, -0.2) is 17.8 Å². The molecule has 2 amide bonds. The van der Waals surface area contributed by atoms with Crippen LogP contribution < -0.4 is 11.1 Å². The Kier molecular flexibility index (Phi) is 6.06. The van der Waals surface area contributed by atoms with Gasteiger partial charge in [-0.1, -0.05) is 60.7 Å². The molecule has 0 bridgehead atoms. The maximum Gasteiger partial charge on any atom is 0.355 e. The van der Waals surface area contributed by atoms with Gasteiger partial charge in [0.2, 0.25) is 12.0 Å². The van der Waals surface area contributed by atoms with Crippen LogP contribution >= 0.6 is 0 Å². The van der Waals surface area contributed by atoms with Gasteiger partial charge in [0.15, 0.2) is 0 Å². The van der Waals surface area contributed by atoms with Gasteiger partial charge < -0.3 is 15.8 Å². The van der Waals surface area contributed by atoms with Crippen molar-refractivity contribution in [3.05, 3.63) is 77.5 Å². The number of esters is 1. The minimum absolute atomic E-state index is 0.0825. The third-order valence-corrected chi connectivity index (χ3v) is 3.23. The van der Waals surface area contributed by atoms with Gasteiger partial charge in [0.25, 0.3) is 5.91 Å². The Hall–Kier alpha value is -3.41. The van der Waals surface area contributed by atoms with Crippen molar-refractivity contribution in [2.24, 2.45) is 5.73 Å². The lowest BCUT2D eigenvalue weighted by molar-refractivity contribution is -0.152. The summed E-state index contributed by atoms with van der Waals surface area (Å²) in [4.78, 5) is 35.5. The van der Waals surface area contributed by atoms with E-state index in [9.17, 15) is 14.4 Å². The summed E-state index contributed by atoms with van der Waals surface area (Å²) in [5.74, 6) is -2.09. The zero-order valence-electron chi connectivity index (χ0n) is 13.6. The van der Waals surface area contributed by atoms with Crippen molar-refractivity contribution < 1.29 is 19.1 Å². The molecule has 3 N–H and O–H groups in total. The molecule has 0 aliphatic heterocycles. The molecule has 2 rings (SSSR count). The molecule has 0 aromatic heterocycles. The molecule has 0 aliphatic rings. The predicted molar refractivity (Wildman–Crippen MR) is 92.7 cm³/mol. The summed E-state index contributed by atoms with van der Waals surface area (Å²) in [6.45, 7) is 1.27. The highest BCUT2D eigenvalue weighted by atomic mass is 16.5. The van der Waals surface area contributed by atoms with Gasteiger partial charge in [-0.25, -0.2) is 4.79 Å². The van der Waals surface area contributed by atoms with Crippen molar-refractivity contribution in [2.75, 3.05) is 0 Å².